The van der Waals surface area contributed by atoms with Crippen molar-refractivity contribution in [2.75, 3.05) is 13.2 Å². The Morgan fingerprint density at radius 1 is 1.20 bits per heavy atom. The summed E-state index contributed by atoms with van der Waals surface area (Å²) < 4.78 is 60.5. The van der Waals surface area contributed by atoms with Gasteiger partial charge in [0.1, 0.15) is 23.1 Å². The molecule has 0 aliphatic heterocycles. The van der Waals surface area contributed by atoms with Gasteiger partial charge in [-0.15, -0.1) is 0 Å². The summed E-state index contributed by atoms with van der Waals surface area (Å²) in [7, 11) is 0. The van der Waals surface area contributed by atoms with E-state index in [0.29, 0.717) is 12.3 Å². The normalized spacial score (nSPS) is 12.2. The van der Waals surface area contributed by atoms with Crippen LogP contribution in [0.1, 0.15) is 31.9 Å². The van der Waals surface area contributed by atoms with Gasteiger partial charge in [-0.25, -0.2) is 9.78 Å². The molecule has 1 heterocycles. The highest BCUT2D eigenvalue weighted by Gasteiger charge is 2.32. The van der Waals surface area contributed by atoms with Crippen molar-refractivity contribution in [2.45, 2.75) is 39.2 Å². The Balaban J connectivity index is 2.32. The summed E-state index contributed by atoms with van der Waals surface area (Å²) in [5.41, 5.74) is -1.41. The van der Waals surface area contributed by atoms with Crippen LogP contribution in [0.25, 0.3) is 5.57 Å². The molecule has 2 aromatic rings. The van der Waals surface area contributed by atoms with Gasteiger partial charge in [-0.3, -0.25) is 4.79 Å². The maximum Gasteiger partial charge on any atom is 0.417 e. The third-order valence-corrected chi connectivity index (χ3v) is 4.53. The minimum atomic E-state index is -4.66. The number of ether oxygens (including phenoxy) is 4. The highest BCUT2D eigenvalue weighted by atomic mass is 35.5. The predicted molar refractivity (Wildman–Crippen MR) is 120 cm³/mol. The van der Waals surface area contributed by atoms with E-state index < -0.39 is 34.8 Å². The summed E-state index contributed by atoms with van der Waals surface area (Å²) >= 11 is 5.91. The summed E-state index contributed by atoms with van der Waals surface area (Å²) in [5, 5.41) is 8.88. The number of carbonyl (C=O) groups is 2. The summed E-state index contributed by atoms with van der Waals surface area (Å²) in [6.45, 7) is 8.29. The summed E-state index contributed by atoms with van der Waals surface area (Å²) in [4.78, 5) is 26.4. The summed E-state index contributed by atoms with van der Waals surface area (Å²) in [6, 6.07) is 4.68. The lowest BCUT2D eigenvalue weighted by Gasteiger charge is -2.20. The Morgan fingerprint density at radius 3 is 2.43 bits per heavy atom. The molecule has 0 spiro atoms. The van der Waals surface area contributed by atoms with Crippen molar-refractivity contribution in [3.05, 3.63) is 53.2 Å². The Hall–Kier alpha value is -3.31. The van der Waals surface area contributed by atoms with E-state index in [1.165, 1.54) is 25.1 Å². The number of carboxylic acids is 1. The topological polar surface area (TPSA) is 104 Å². The molecule has 0 bridgehead atoms. The molecule has 0 amide bonds. The fraction of sp³-hybridized carbons (Fsp3) is 0.348. The molecule has 1 aromatic carbocycles. The molecular weight excluding hydrogens is 495 g/mol. The molecule has 8 nitrogen and oxygen atoms in total. The van der Waals surface area contributed by atoms with Crippen molar-refractivity contribution >= 4 is 29.1 Å². The monoisotopic (exact) mass is 517 g/mol. The molecule has 0 aliphatic rings. The molecule has 12 heteroatoms. The van der Waals surface area contributed by atoms with Gasteiger partial charge < -0.3 is 24.1 Å². The Labute approximate surface area is 204 Å². The third-order valence-electron chi connectivity index (χ3n) is 4.26. The van der Waals surface area contributed by atoms with E-state index in [0.717, 1.165) is 0 Å². The smallest absolute Gasteiger partial charge is 0.417 e. The molecule has 35 heavy (non-hydrogen) atoms. The highest BCUT2D eigenvalue weighted by molar-refractivity contribution is 6.31. The molecule has 1 atom stereocenters. The highest BCUT2D eigenvalue weighted by Crippen LogP contribution is 2.37. The van der Waals surface area contributed by atoms with Crippen LogP contribution in [0.4, 0.5) is 13.2 Å². The van der Waals surface area contributed by atoms with Gasteiger partial charge in [0, 0.05) is 24.8 Å². The van der Waals surface area contributed by atoms with Crippen molar-refractivity contribution < 1.29 is 46.8 Å². The number of carboxylic acid groups (broad SMARTS) is 1. The molecule has 190 valence electrons. The van der Waals surface area contributed by atoms with Crippen LogP contribution in [0.15, 0.2) is 37.0 Å². The second-order valence-electron chi connectivity index (χ2n) is 7.48. The number of halogens is 4. The predicted octanol–water partition coefficient (Wildman–Crippen LogP) is 5.38. The molecular formula is C23H23ClF3NO7. The zero-order valence-electron chi connectivity index (χ0n) is 19.0. The number of alkyl halides is 3. The standard InChI is InChI=1S/C23H23ClF3NO7/c1-12(2)32-10-17(34-14(4)29)11-33-16-5-6-18(13(3)22(30)31)20(8-16)35-21-19(24)7-15(9-28-21)23(25,26)27/h5-9,12,17H,3,10-11H2,1-2,4H3,(H,30,31). The van der Waals surface area contributed by atoms with Crippen LogP contribution in [0.5, 0.6) is 17.4 Å². The zero-order chi connectivity index (χ0) is 26.3. The number of aliphatic carboxylic acids is 1. The molecule has 0 fully saturated rings. The number of rotatable bonds is 11. The van der Waals surface area contributed by atoms with Crippen LogP contribution in [0.3, 0.4) is 0 Å². The third kappa shape index (κ3) is 8.45. The van der Waals surface area contributed by atoms with Crippen LogP contribution in [0, 0.1) is 0 Å². The number of carbonyl (C=O) groups excluding carboxylic acids is 1. The maximum absolute atomic E-state index is 12.9. The molecule has 0 saturated heterocycles. The first-order valence-corrected chi connectivity index (χ1v) is 10.5. The van der Waals surface area contributed by atoms with Crippen molar-refractivity contribution in [3.63, 3.8) is 0 Å². The Bertz CT molecular complexity index is 1090. The number of nitrogens with zero attached hydrogens (tertiary/aromatic N) is 1. The van der Waals surface area contributed by atoms with Gasteiger partial charge in [0.25, 0.3) is 0 Å². The van der Waals surface area contributed by atoms with Gasteiger partial charge >= 0.3 is 18.1 Å². The van der Waals surface area contributed by atoms with Crippen molar-refractivity contribution in [3.8, 4) is 17.4 Å². The Kier molecular flexibility index (Phi) is 9.49. The van der Waals surface area contributed by atoms with Crippen molar-refractivity contribution in [2.24, 2.45) is 0 Å². The van der Waals surface area contributed by atoms with Crippen LogP contribution < -0.4 is 9.47 Å². The number of hydrogen-bond donors (Lipinski definition) is 1. The van der Waals surface area contributed by atoms with Gasteiger partial charge in [-0.05, 0) is 32.0 Å². The van der Waals surface area contributed by atoms with Crippen LogP contribution >= 0.6 is 11.6 Å². The molecule has 0 aliphatic carbocycles. The zero-order valence-corrected chi connectivity index (χ0v) is 19.8. The quantitative estimate of drug-likeness (QED) is 0.313. The lowest BCUT2D eigenvalue weighted by Crippen LogP contribution is -2.30. The van der Waals surface area contributed by atoms with Crippen LogP contribution in [0.2, 0.25) is 5.02 Å². The summed E-state index contributed by atoms with van der Waals surface area (Å²) in [6.07, 6.45) is -4.98. The lowest BCUT2D eigenvalue weighted by atomic mass is 10.1. The molecule has 1 unspecified atom stereocenters. The van der Waals surface area contributed by atoms with Gasteiger partial charge in [0.2, 0.25) is 5.88 Å². The fourth-order valence-electron chi connectivity index (χ4n) is 2.64. The first kappa shape index (κ1) is 27.9. The number of aromatic nitrogens is 1. The van der Waals surface area contributed by atoms with Gasteiger partial charge in [-0.2, -0.15) is 13.2 Å². The van der Waals surface area contributed by atoms with E-state index in [2.05, 4.69) is 11.6 Å². The minimum absolute atomic E-state index is 0.0160. The summed E-state index contributed by atoms with van der Waals surface area (Å²) in [5.74, 6) is -2.24. The van der Waals surface area contributed by atoms with E-state index in [9.17, 15) is 27.9 Å². The second-order valence-corrected chi connectivity index (χ2v) is 7.88. The lowest BCUT2D eigenvalue weighted by molar-refractivity contribution is -0.152. The molecule has 1 aromatic heterocycles. The Morgan fingerprint density at radius 2 is 1.89 bits per heavy atom. The van der Waals surface area contributed by atoms with E-state index in [-0.39, 0.29) is 47.8 Å². The second kappa shape index (κ2) is 11.9. The van der Waals surface area contributed by atoms with Crippen molar-refractivity contribution in [1.29, 1.82) is 0 Å². The SMILES string of the molecule is C=C(C(=O)O)c1ccc(OCC(COC(C)C)OC(C)=O)cc1Oc1ncc(C(F)(F)F)cc1Cl. The average Bonchev–Trinajstić information content (AvgIpc) is 2.75. The average molecular weight is 518 g/mol. The van der Waals surface area contributed by atoms with E-state index >= 15 is 0 Å². The number of benzene rings is 1. The van der Waals surface area contributed by atoms with Crippen LogP contribution in [-0.4, -0.2) is 47.5 Å². The molecule has 1 N–H and O–H groups in total. The fourth-order valence-corrected chi connectivity index (χ4v) is 2.85. The van der Waals surface area contributed by atoms with E-state index in [1.54, 1.807) is 0 Å². The van der Waals surface area contributed by atoms with E-state index in [1.807, 2.05) is 13.8 Å². The van der Waals surface area contributed by atoms with E-state index in [4.69, 9.17) is 30.5 Å². The molecule has 0 radical (unpaired) electrons. The molecule has 2 rings (SSSR count). The maximum atomic E-state index is 12.9. The molecule has 0 saturated carbocycles. The van der Waals surface area contributed by atoms with Gasteiger partial charge in [0.05, 0.1) is 23.8 Å². The largest absolute Gasteiger partial charge is 0.489 e. The number of hydrogen-bond acceptors (Lipinski definition) is 7. The number of pyridine rings is 1. The minimum Gasteiger partial charge on any atom is -0.489 e. The van der Waals surface area contributed by atoms with Gasteiger partial charge in [0.15, 0.2) is 6.10 Å². The first-order chi connectivity index (χ1) is 16.3. The number of esters is 1. The first-order valence-electron chi connectivity index (χ1n) is 10.2. The van der Waals surface area contributed by atoms with Gasteiger partial charge in [-0.1, -0.05) is 18.2 Å². The van der Waals surface area contributed by atoms with Crippen molar-refractivity contribution in [1.82, 2.24) is 4.98 Å². The van der Waals surface area contributed by atoms with Crippen LogP contribution in [-0.2, 0) is 25.2 Å².